The number of hydrogen-bond acceptors (Lipinski definition) is 3. The van der Waals surface area contributed by atoms with Gasteiger partial charge >= 0.3 is 0 Å². The molecule has 118 valence electrons. The first-order valence-corrected chi connectivity index (χ1v) is 7.58. The van der Waals surface area contributed by atoms with Gasteiger partial charge in [-0.3, -0.25) is 9.89 Å². The molecular formula is C16H21ClN4O. The van der Waals surface area contributed by atoms with E-state index < -0.39 is 0 Å². The molecule has 2 rings (SSSR count). The van der Waals surface area contributed by atoms with Gasteiger partial charge in [-0.05, 0) is 39.5 Å². The highest BCUT2D eigenvalue weighted by Gasteiger charge is 2.20. The van der Waals surface area contributed by atoms with Crippen LogP contribution in [0.1, 0.15) is 34.2 Å². The molecule has 0 saturated heterocycles. The number of rotatable bonds is 6. The van der Waals surface area contributed by atoms with Crippen molar-refractivity contribution in [2.75, 3.05) is 20.6 Å². The maximum absolute atomic E-state index is 12.4. The van der Waals surface area contributed by atoms with E-state index in [9.17, 15) is 4.79 Å². The number of amides is 1. The number of nitrogens with one attached hydrogen (secondary N) is 2. The van der Waals surface area contributed by atoms with Crippen LogP contribution in [0.3, 0.4) is 0 Å². The molecule has 0 bridgehead atoms. The van der Waals surface area contributed by atoms with E-state index in [1.54, 1.807) is 6.92 Å². The lowest BCUT2D eigenvalue weighted by Gasteiger charge is -2.21. The van der Waals surface area contributed by atoms with E-state index in [0.29, 0.717) is 10.7 Å². The van der Waals surface area contributed by atoms with Crippen molar-refractivity contribution in [3.05, 3.63) is 52.3 Å². The van der Waals surface area contributed by atoms with Gasteiger partial charge in [-0.1, -0.05) is 41.9 Å². The molecule has 1 atom stereocenters. The lowest BCUT2D eigenvalue weighted by atomic mass is 10.0. The Morgan fingerprint density at radius 1 is 1.36 bits per heavy atom. The van der Waals surface area contributed by atoms with Crippen molar-refractivity contribution >= 4 is 17.5 Å². The Bertz CT molecular complexity index is 624. The Morgan fingerprint density at radius 2 is 2.05 bits per heavy atom. The number of aryl methyl sites for hydroxylation is 1. The molecule has 0 spiro atoms. The summed E-state index contributed by atoms with van der Waals surface area (Å²) in [4.78, 5) is 14.5. The van der Waals surface area contributed by atoms with E-state index in [0.717, 1.165) is 18.5 Å². The number of hydrogen-bond donors (Lipinski definition) is 2. The molecule has 1 aromatic carbocycles. The summed E-state index contributed by atoms with van der Waals surface area (Å²) in [5.41, 5.74) is 2.00. The minimum atomic E-state index is -0.262. The summed E-state index contributed by atoms with van der Waals surface area (Å²) in [6.45, 7) is 2.65. The molecule has 2 aromatic rings. The quantitative estimate of drug-likeness (QED) is 0.860. The second-order valence-electron chi connectivity index (χ2n) is 5.54. The largest absolute Gasteiger partial charge is 0.344 e. The smallest absolute Gasteiger partial charge is 0.273 e. The lowest BCUT2D eigenvalue weighted by molar-refractivity contribution is 0.0928. The third-order valence-electron chi connectivity index (χ3n) is 3.46. The van der Waals surface area contributed by atoms with E-state index in [2.05, 4.69) is 20.4 Å². The Balaban J connectivity index is 2.15. The number of aromatic nitrogens is 2. The van der Waals surface area contributed by atoms with Crippen molar-refractivity contribution in [1.29, 1.82) is 0 Å². The van der Waals surface area contributed by atoms with Crippen molar-refractivity contribution in [1.82, 2.24) is 20.4 Å². The number of H-pyrrole nitrogens is 1. The van der Waals surface area contributed by atoms with Gasteiger partial charge in [0.1, 0.15) is 0 Å². The summed E-state index contributed by atoms with van der Waals surface area (Å²) in [5, 5.41) is 10.1. The van der Waals surface area contributed by atoms with Crippen LogP contribution in [0.4, 0.5) is 0 Å². The van der Waals surface area contributed by atoms with Crippen LogP contribution in [0.25, 0.3) is 0 Å². The third-order valence-corrected chi connectivity index (χ3v) is 3.92. The Labute approximate surface area is 135 Å². The number of halogens is 1. The first-order valence-electron chi connectivity index (χ1n) is 7.20. The monoisotopic (exact) mass is 320 g/mol. The Morgan fingerprint density at radius 3 is 2.59 bits per heavy atom. The van der Waals surface area contributed by atoms with Gasteiger partial charge in [0.2, 0.25) is 0 Å². The zero-order valence-electron chi connectivity index (χ0n) is 13.1. The summed E-state index contributed by atoms with van der Waals surface area (Å²) in [6, 6.07) is 9.84. The molecule has 0 aliphatic carbocycles. The number of carbonyl (C=O) groups excluding carboxylic acids is 1. The van der Waals surface area contributed by atoms with Crippen LogP contribution in [0.5, 0.6) is 0 Å². The molecule has 1 aromatic heterocycles. The molecule has 6 heteroatoms. The average Bonchev–Trinajstić information content (AvgIpc) is 2.84. The van der Waals surface area contributed by atoms with E-state index >= 15 is 0 Å². The topological polar surface area (TPSA) is 61.0 Å². The van der Waals surface area contributed by atoms with E-state index in [4.69, 9.17) is 11.6 Å². The number of aromatic amines is 1. The van der Waals surface area contributed by atoms with Crippen molar-refractivity contribution in [2.45, 2.75) is 19.4 Å². The normalized spacial score (nSPS) is 12.4. The van der Waals surface area contributed by atoms with Crippen LogP contribution in [-0.2, 0) is 0 Å². The van der Waals surface area contributed by atoms with Gasteiger partial charge in [-0.2, -0.15) is 5.10 Å². The molecule has 2 N–H and O–H groups in total. The zero-order valence-corrected chi connectivity index (χ0v) is 13.8. The fourth-order valence-corrected chi connectivity index (χ4v) is 2.36. The molecule has 0 fully saturated rings. The van der Waals surface area contributed by atoms with Crippen LogP contribution in [0, 0.1) is 6.92 Å². The minimum absolute atomic E-state index is 0.0795. The van der Waals surface area contributed by atoms with E-state index in [-0.39, 0.29) is 17.6 Å². The van der Waals surface area contributed by atoms with Crippen molar-refractivity contribution in [3.63, 3.8) is 0 Å². The van der Waals surface area contributed by atoms with Gasteiger partial charge in [-0.25, -0.2) is 0 Å². The van der Waals surface area contributed by atoms with Crippen molar-refractivity contribution in [2.24, 2.45) is 0 Å². The maximum atomic E-state index is 12.4. The zero-order chi connectivity index (χ0) is 16.1. The van der Waals surface area contributed by atoms with Gasteiger partial charge in [0.25, 0.3) is 5.91 Å². The highest BCUT2D eigenvalue weighted by atomic mass is 35.5. The predicted octanol–water partition coefficient (Wildman–Crippen LogP) is 2.79. The van der Waals surface area contributed by atoms with Gasteiger partial charge in [0.15, 0.2) is 5.69 Å². The fraction of sp³-hybridized carbons (Fsp3) is 0.375. The molecular weight excluding hydrogens is 300 g/mol. The standard InChI is InChI=1S/C16H21ClN4O/c1-11-14(17)15(20-19-11)16(22)18-13(9-10-21(2)3)12-7-5-4-6-8-12/h4-8,13H,9-10H2,1-3H3,(H,18,22)(H,19,20). The first kappa shape index (κ1) is 16.5. The molecule has 0 aliphatic heterocycles. The summed E-state index contributed by atoms with van der Waals surface area (Å²) in [6.07, 6.45) is 0.809. The second kappa shape index (κ2) is 7.42. The minimum Gasteiger partial charge on any atom is -0.344 e. The number of carbonyl (C=O) groups is 1. The summed E-state index contributed by atoms with van der Waals surface area (Å²) >= 11 is 6.10. The predicted molar refractivity (Wildman–Crippen MR) is 88.2 cm³/mol. The van der Waals surface area contributed by atoms with Crippen molar-refractivity contribution in [3.8, 4) is 0 Å². The molecule has 5 nitrogen and oxygen atoms in total. The molecule has 22 heavy (non-hydrogen) atoms. The summed E-state index contributed by atoms with van der Waals surface area (Å²) in [7, 11) is 4.02. The van der Waals surface area contributed by atoms with Crippen LogP contribution < -0.4 is 5.32 Å². The lowest BCUT2D eigenvalue weighted by Crippen LogP contribution is -2.31. The molecule has 1 amide bonds. The maximum Gasteiger partial charge on any atom is 0.273 e. The molecule has 0 aliphatic rings. The number of nitrogens with zero attached hydrogens (tertiary/aromatic N) is 2. The third kappa shape index (κ3) is 4.08. The van der Waals surface area contributed by atoms with E-state index in [1.165, 1.54) is 0 Å². The Hall–Kier alpha value is -1.85. The van der Waals surface area contributed by atoms with Gasteiger partial charge < -0.3 is 10.2 Å². The molecule has 1 unspecified atom stereocenters. The summed E-state index contributed by atoms with van der Waals surface area (Å²) < 4.78 is 0. The average molecular weight is 321 g/mol. The van der Waals surface area contributed by atoms with Crippen LogP contribution >= 0.6 is 11.6 Å². The van der Waals surface area contributed by atoms with Gasteiger partial charge in [-0.15, -0.1) is 0 Å². The fourth-order valence-electron chi connectivity index (χ4n) is 2.19. The van der Waals surface area contributed by atoms with E-state index in [1.807, 2.05) is 44.4 Å². The summed E-state index contributed by atoms with van der Waals surface area (Å²) in [5.74, 6) is -0.262. The molecule has 0 radical (unpaired) electrons. The molecule has 1 heterocycles. The highest BCUT2D eigenvalue weighted by Crippen LogP contribution is 2.21. The first-order chi connectivity index (χ1) is 10.5. The van der Waals surface area contributed by atoms with Gasteiger partial charge in [0.05, 0.1) is 16.8 Å². The Kier molecular flexibility index (Phi) is 5.57. The highest BCUT2D eigenvalue weighted by molar-refractivity contribution is 6.34. The van der Waals surface area contributed by atoms with Crippen LogP contribution in [0.15, 0.2) is 30.3 Å². The second-order valence-corrected chi connectivity index (χ2v) is 5.92. The number of benzene rings is 1. The van der Waals surface area contributed by atoms with Crippen LogP contribution in [-0.4, -0.2) is 41.6 Å². The van der Waals surface area contributed by atoms with Crippen molar-refractivity contribution < 1.29 is 4.79 Å². The SMILES string of the molecule is Cc1[nH]nc(C(=O)NC(CCN(C)C)c2ccccc2)c1Cl. The van der Waals surface area contributed by atoms with Crippen LogP contribution in [0.2, 0.25) is 5.02 Å². The molecule has 0 saturated carbocycles. The van der Waals surface area contributed by atoms with Gasteiger partial charge in [0, 0.05) is 0 Å².